The smallest absolute Gasteiger partial charge is 0.422 e. The first-order chi connectivity index (χ1) is 19.3. The molecule has 0 fully saturated rings. The summed E-state index contributed by atoms with van der Waals surface area (Å²) in [6, 6.07) is 15.1. The van der Waals surface area contributed by atoms with Crippen molar-refractivity contribution >= 4 is 18.0 Å². The number of hydrogen-bond donors (Lipinski definition) is 2. The van der Waals surface area contributed by atoms with Gasteiger partial charge in [-0.2, -0.15) is 4.90 Å². The highest BCUT2D eigenvalue weighted by molar-refractivity contribution is 6.09. The quantitative estimate of drug-likeness (QED) is 0.244. The lowest BCUT2D eigenvalue weighted by molar-refractivity contribution is 0.184. The summed E-state index contributed by atoms with van der Waals surface area (Å²) < 4.78 is 11.5. The van der Waals surface area contributed by atoms with Crippen molar-refractivity contribution in [2.45, 2.75) is 65.4 Å². The SMILES string of the molecule is CC(C)(C)c1cnc(N(C(=O)O)C(=O)O)c(-c2cc(Cc3ccc(COc4ccccn4)cc3)no2)c1C(C)(C)C. The second-order valence-corrected chi connectivity index (χ2v) is 11.8. The molecule has 0 radical (unpaired) electrons. The Morgan fingerprint density at radius 2 is 1.56 bits per heavy atom. The van der Waals surface area contributed by atoms with Gasteiger partial charge >= 0.3 is 12.2 Å². The van der Waals surface area contributed by atoms with Crippen LogP contribution in [0.15, 0.2) is 65.4 Å². The summed E-state index contributed by atoms with van der Waals surface area (Å²) in [5.74, 6) is 0.546. The van der Waals surface area contributed by atoms with Crippen LogP contribution in [0.2, 0.25) is 0 Å². The van der Waals surface area contributed by atoms with Crippen LogP contribution in [0.4, 0.5) is 15.4 Å². The zero-order valence-corrected chi connectivity index (χ0v) is 24.0. The summed E-state index contributed by atoms with van der Waals surface area (Å²) in [6.07, 6.45) is 0.338. The summed E-state index contributed by atoms with van der Waals surface area (Å²) in [7, 11) is 0. The molecule has 0 aliphatic carbocycles. The molecule has 214 valence electrons. The number of benzene rings is 1. The summed E-state index contributed by atoms with van der Waals surface area (Å²) in [5.41, 5.74) is 3.54. The van der Waals surface area contributed by atoms with Crippen LogP contribution in [0.5, 0.6) is 5.88 Å². The maximum Gasteiger partial charge on any atom is 0.422 e. The maximum absolute atomic E-state index is 12.0. The molecule has 41 heavy (non-hydrogen) atoms. The van der Waals surface area contributed by atoms with Crippen molar-refractivity contribution in [2.24, 2.45) is 0 Å². The van der Waals surface area contributed by atoms with Crippen molar-refractivity contribution in [3.8, 4) is 17.2 Å². The zero-order valence-electron chi connectivity index (χ0n) is 24.0. The van der Waals surface area contributed by atoms with E-state index in [-0.39, 0.29) is 27.5 Å². The molecule has 0 aliphatic rings. The molecule has 0 atom stereocenters. The van der Waals surface area contributed by atoms with E-state index in [0.717, 1.165) is 22.3 Å². The van der Waals surface area contributed by atoms with Crippen LogP contribution in [0, 0.1) is 0 Å². The van der Waals surface area contributed by atoms with Gasteiger partial charge in [-0.05, 0) is 39.2 Å². The first-order valence-electron chi connectivity index (χ1n) is 13.1. The number of carbonyl (C=O) groups is 2. The lowest BCUT2D eigenvalue weighted by Crippen LogP contribution is -2.36. The summed E-state index contributed by atoms with van der Waals surface area (Å²) >= 11 is 0. The topological polar surface area (TPSA) is 139 Å². The van der Waals surface area contributed by atoms with E-state index in [9.17, 15) is 19.8 Å². The fourth-order valence-corrected chi connectivity index (χ4v) is 4.58. The van der Waals surface area contributed by atoms with Gasteiger partial charge in [-0.1, -0.05) is 77.0 Å². The molecule has 2 amide bonds. The number of nitrogens with zero attached hydrogens (tertiary/aromatic N) is 4. The average molecular weight is 559 g/mol. The van der Waals surface area contributed by atoms with Crippen LogP contribution in [-0.4, -0.2) is 37.5 Å². The molecule has 1 aromatic carbocycles. The number of amides is 2. The third-order valence-corrected chi connectivity index (χ3v) is 6.45. The van der Waals surface area contributed by atoms with Crippen molar-refractivity contribution in [3.05, 3.63) is 88.9 Å². The number of aromatic nitrogens is 3. The van der Waals surface area contributed by atoms with Crippen molar-refractivity contribution in [3.63, 3.8) is 0 Å². The van der Waals surface area contributed by atoms with Crippen molar-refractivity contribution < 1.29 is 29.1 Å². The van der Waals surface area contributed by atoms with Gasteiger partial charge in [0.2, 0.25) is 5.88 Å². The highest BCUT2D eigenvalue weighted by Gasteiger charge is 2.36. The normalized spacial score (nSPS) is 11.8. The van der Waals surface area contributed by atoms with Crippen LogP contribution in [0.25, 0.3) is 11.3 Å². The van der Waals surface area contributed by atoms with E-state index < -0.39 is 17.6 Å². The second kappa shape index (κ2) is 11.4. The Hall–Kier alpha value is -4.73. The van der Waals surface area contributed by atoms with Gasteiger partial charge in [0.1, 0.15) is 6.61 Å². The first-order valence-corrected chi connectivity index (χ1v) is 13.1. The highest BCUT2D eigenvalue weighted by atomic mass is 16.5. The van der Waals surface area contributed by atoms with Crippen LogP contribution < -0.4 is 9.64 Å². The highest BCUT2D eigenvalue weighted by Crippen LogP contribution is 2.44. The van der Waals surface area contributed by atoms with E-state index in [0.29, 0.717) is 24.6 Å². The molecule has 0 saturated carbocycles. The molecule has 0 unspecified atom stereocenters. The van der Waals surface area contributed by atoms with Crippen LogP contribution in [0.1, 0.15) is 69.5 Å². The lowest BCUT2D eigenvalue weighted by atomic mass is 9.73. The van der Waals surface area contributed by atoms with E-state index in [4.69, 9.17) is 9.26 Å². The Kier molecular flexibility index (Phi) is 8.14. The van der Waals surface area contributed by atoms with E-state index in [1.807, 2.05) is 77.9 Å². The Morgan fingerprint density at radius 3 is 2.12 bits per heavy atom. The molecule has 0 saturated heterocycles. The van der Waals surface area contributed by atoms with Crippen molar-refractivity contribution in [2.75, 3.05) is 4.90 Å². The minimum Gasteiger partial charge on any atom is -0.473 e. The third kappa shape index (κ3) is 6.71. The Labute approximate surface area is 238 Å². The molecule has 10 nitrogen and oxygen atoms in total. The third-order valence-electron chi connectivity index (χ3n) is 6.45. The molecule has 3 heterocycles. The van der Waals surface area contributed by atoms with E-state index in [1.54, 1.807) is 24.5 Å². The number of carboxylic acid groups (broad SMARTS) is 2. The molecular weight excluding hydrogens is 524 g/mol. The number of pyridine rings is 2. The Morgan fingerprint density at radius 1 is 0.902 bits per heavy atom. The van der Waals surface area contributed by atoms with Crippen LogP contribution >= 0.6 is 0 Å². The minimum absolute atomic E-state index is 0.213. The molecule has 4 aromatic rings. The standard InChI is InChI=1S/C31H34N4O6/c1-30(2,3)22-17-33-27(35(28(36)37)29(38)39)25(26(22)31(4,5)6)23-16-21(34-41-23)15-19-10-12-20(13-11-19)18-40-24-9-7-8-14-32-24/h7-14,16-17H,15,18H2,1-6H3,(H,36,37)(H,38,39). The zero-order chi connectivity index (χ0) is 29.9. The fraction of sp³-hybridized carbons (Fsp3) is 0.323. The predicted octanol–water partition coefficient (Wildman–Crippen LogP) is 7.06. The molecule has 0 spiro atoms. The monoisotopic (exact) mass is 558 g/mol. The molecule has 10 heteroatoms. The second-order valence-electron chi connectivity index (χ2n) is 11.8. The molecule has 3 aromatic heterocycles. The minimum atomic E-state index is -1.67. The van der Waals surface area contributed by atoms with E-state index >= 15 is 0 Å². The number of rotatable bonds is 7. The van der Waals surface area contributed by atoms with E-state index in [2.05, 4.69) is 15.1 Å². The number of anilines is 1. The van der Waals surface area contributed by atoms with Crippen LogP contribution in [0.3, 0.4) is 0 Å². The summed E-state index contributed by atoms with van der Waals surface area (Å²) in [6.45, 7) is 12.4. The molecular formula is C31H34N4O6. The van der Waals surface area contributed by atoms with Gasteiger partial charge in [-0.3, -0.25) is 0 Å². The lowest BCUT2D eigenvalue weighted by Gasteiger charge is -2.33. The van der Waals surface area contributed by atoms with Gasteiger partial charge in [0, 0.05) is 30.9 Å². The number of imide groups is 1. The summed E-state index contributed by atoms with van der Waals surface area (Å²) in [5, 5.41) is 23.8. The van der Waals surface area contributed by atoms with Gasteiger partial charge in [0.25, 0.3) is 0 Å². The largest absolute Gasteiger partial charge is 0.473 e. The average Bonchev–Trinajstić information content (AvgIpc) is 3.35. The predicted molar refractivity (Wildman–Crippen MR) is 153 cm³/mol. The van der Waals surface area contributed by atoms with Crippen LogP contribution in [-0.2, 0) is 23.9 Å². The van der Waals surface area contributed by atoms with Gasteiger partial charge < -0.3 is 19.5 Å². The van der Waals surface area contributed by atoms with E-state index in [1.165, 1.54) is 0 Å². The van der Waals surface area contributed by atoms with Gasteiger partial charge in [0.05, 0.1) is 11.3 Å². The first kappa shape index (κ1) is 29.3. The Balaban J connectivity index is 1.70. The number of ether oxygens (including phenoxy) is 1. The molecule has 4 rings (SSSR count). The van der Waals surface area contributed by atoms with Crippen molar-refractivity contribution in [1.29, 1.82) is 0 Å². The van der Waals surface area contributed by atoms with Crippen molar-refractivity contribution in [1.82, 2.24) is 15.1 Å². The fourth-order valence-electron chi connectivity index (χ4n) is 4.58. The maximum atomic E-state index is 12.0. The van der Waals surface area contributed by atoms with Gasteiger partial charge in [0.15, 0.2) is 11.6 Å². The molecule has 2 N–H and O–H groups in total. The molecule has 0 bridgehead atoms. The van der Waals surface area contributed by atoms with Gasteiger partial charge in [-0.15, -0.1) is 0 Å². The molecule has 0 aliphatic heterocycles. The summed E-state index contributed by atoms with van der Waals surface area (Å²) in [4.78, 5) is 32.7. The van der Waals surface area contributed by atoms with Gasteiger partial charge in [-0.25, -0.2) is 19.6 Å². The number of hydrogen-bond acceptors (Lipinski definition) is 7. The Bertz CT molecular complexity index is 1520.